The number of aromatic nitrogens is 4. The van der Waals surface area contributed by atoms with Crippen LogP contribution >= 0.6 is 34.7 Å². The number of nitrogens with zero attached hydrogens (tertiary/aromatic N) is 4. The lowest BCUT2D eigenvalue weighted by Crippen LogP contribution is -2.13. The summed E-state index contributed by atoms with van der Waals surface area (Å²) in [6, 6.07) is 15.0. The Morgan fingerprint density at radius 3 is 2.81 bits per heavy atom. The van der Waals surface area contributed by atoms with E-state index in [2.05, 4.69) is 20.6 Å². The Labute approximate surface area is 168 Å². The second kappa shape index (κ2) is 7.67. The summed E-state index contributed by atoms with van der Waals surface area (Å²) >= 11 is 8.79. The Morgan fingerprint density at radius 1 is 1.22 bits per heavy atom. The van der Waals surface area contributed by atoms with Crippen molar-refractivity contribution in [1.29, 1.82) is 0 Å². The van der Waals surface area contributed by atoms with Crippen LogP contribution in [0.5, 0.6) is 0 Å². The van der Waals surface area contributed by atoms with E-state index in [4.69, 9.17) is 11.6 Å². The van der Waals surface area contributed by atoms with Gasteiger partial charge in [-0.25, -0.2) is 0 Å². The van der Waals surface area contributed by atoms with Gasteiger partial charge in [0.05, 0.1) is 5.75 Å². The Hall–Kier alpha value is -2.42. The molecule has 6 nitrogen and oxygen atoms in total. The highest BCUT2D eigenvalue weighted by atomic mass is 35.5. The molecule has 0 aliphatic heterocycles. The third-order valence-corrected chi connectivity index (χ3v) is 5.94. The third-order valence-electron chi connectivity index (χ3n) is 3.72. The molecule has 0 bridgehead atoms. The van der Waals surface area contributed by atoms with Crippen LogP contribution in [0.4, 0.5) is 5.69 Å². The molecule has 0 radical (unpaired) electrons. The number of hydrogen-bond donors (Lipinski definition) is 1. The number of hydrogen-bond acceptors (Lipinski definition) is 6. The maximum absolute atomic E-state index is 12.3. The highest BCUT2D eigenvalue weighted by Crippen LogP contribution is 2.27. The van der Waals surface area contributed by atoms with Crippen LogP contribution in [0, 0.1) is 6.92 Å². The van der Waals surface area contributed by atoms with Crippen LogP contribution in [-0.4, -0.2) is 31.5 Å². The lowest BCUT2D eigenvalue weighted by molar-refractivity contribution is -0.113. The predicted molar refractivity (Wildman–Crippen MR) is 110 cm³/mol. The minimum Gasteiger partial charge on any atom is -0.325 e. The number of halogens is 1. The fraction of sp³-hybridized carbons (Fsp3) is 0.111. The zero-order chi connectivity index (χ0) is 18.8. The second-order valence-electron chi connectivity index (χ2n) is 5.72. The highest BCUT2D eigenvalue weighted by Gasteiger charge is 2.11. The quantitative estimate of drug-likeness (QED) is 0.484. The van der Waals surface area contributed by atoms with Gasteiger partial charge in [-0.2, -0.15) is 9.61 Å². The molecule has 1 N–H and O–H groups in total. The number of amides is 1. The van der Waals surface area contributed by atoms with Crippen molar-refractivity contribution in [3.63, 3.8) is 0 Å². The van der Waals surface area contributed by atoms with Gasteiger partial charge >= 0.3 is 0 Å². The standard InChI is InChI=1S/C18H14ClN5OS2/c1-11-21-22-18-24(11)23-17(27-18)12-3-2-4-14(9-12)20-16(25)10-26-15-7-5-13(19)6-8-15/h2-9H,10H2,1H3,(H,20,25). The number of benzene rings is 2. The molecule has 0 saturated carbocycles. The summed E-state index contributed by atoms with van der Waals surface area (Å²) < 4.78 is 1.72. The number of anilines is 1. The van der Waals surface area contributed by atoms with Gasteiger partial charge in [-0.1, -0.05) is 35.1 Å². The van der Waals surface area contributed by atoms with Crippen LogP contribution in [0.15, 0.2) is 53.4 Å². The Balaban J connectivity index is 1.44. The lowest BCUT2D eigenvalue weighted by atomic mass is 10.2. The molecular weight excluding hydrogens is 402 g/mol. The summed E-state index contributed by atoms with van der Waals surface area (Å²) in [7, 11) is 0. The van der Waals surface area contributed by atoms with Crippen molar-refractivity contribution in [2.45, 2.75) is 11.8 Å². The van der Waals surface area contributed by atoms with Crippen molar-refractivity contribution >= 4 is 51.3 Å². The molecular formula is C18H14ClN5OS2. The summed E-state index contributed by atoms with van der Waals surface area (Å²) in [4.78, 5) is 14.0. The molecule has 136 valence electrons. The molecule has 0 spiro atoms. The Kier molecular flexibility index (Phi) is 5.11. The fourth-order valence-corrected chi connectivity index (χ4v) is 4.14. The normalized spacial score (nSPS) is 11.0. The number of thioether (sulfide) groups is 1. The van der Waals surface area contributed by atoms with E-state index in [1.165, 1.54) is 23.1 Å². The van der Waals surface area contributed by atoms with Crippen molar-refractivity contribution < 1.29 is 4.79 Å². The van der Waals surface area contributed by atoms with Crippen molar-refractivity contribution in [2.75, 3.05) is 11.1 Å². The van der Waals surface area contributed by atoms with Crippen molar-refractivity contribution in [3.05, 3.63) is 59.4 Å². The summed E-state index contributed by atoms with van der Waals surface area (Å²) in [5.41, 5.74) is 1.66. The topological polar surface area (TPSA) is 72.2 Å². The highest BCUT2D eigenvalue weighted by molar-refractivity contribution is 8.00. The van der Waals surface area contributed by atoms with Gasteiger partial charge in [-0.05, 0) is 43.3 Å². The van der Waals surface area contributed by atoms with Crippen LogP contribution in [0.3, 0.4) is 0 Å². The summed E-state index contributed by atoms with van der Waals surface area (Å²) in [5.74, 6) is 0.999. The predicted octanol–water partition coefficient (Wildman–Crippen LogP) is 4.55. The van der Waals surface area contributed by atoms with Gasteiger partial charge in [0, 0.05) is 21.2 Å². The molecule has 4 rings (SSSR count). The molecule has 1 amide bonds. The van der Waals surface area contributed by atoms with Gasteiger partial charge in [-0.3, -0.25) is 4.79 Å². The first-order chi connectivity index (χ1) is 13.1. The van der Waals surface area contributed by atoms with E-state index in [0.717, 1.165) is 31.9 Å². The van der Waals surface area contributed by atoms with Crippen molar-refractivity contribution in [1.82, 2.24) is 19.8 Å². The number of nitrogens with one attached hydrogen (secondary N) is 1. The van der Waals surface area contributed by atoms with E-state index < -0.39 is 0 Å². The monoisotopic (exact) mass is 415 g/mol. The zero-order valence-corrected chi connectivity index (χ0v) is 16.6. The largest absolute Gasteiger partial charge is 0.325 e. The molecule has 4 aromatic rings. The molecule has 9 heteroatoms. The number of carbonyl (C=O) groups is 1. The van der Waals surface area contributed by atoms with Crippen LogP contribution < -0.4 is 5.32 Å². The van der Waals surface area contributed by atoms with Crippen molar-refractivity contribution in [3.8, 4) is 10.6 Å². The first-order valence-corrected chi connectivity index (χ1v) is 10.2. The van der Waals surface area contributed by atoms with E-state index >= 15 is 0 Å². The summed E-state index contributed by atoms with van der Waals surface area (Å²) in [5, 5.41) is 17.0. The van der Waals surface area contributed by atoms with E-state index in [1.54, 1.807) is 4.52 Å². The molecule has 0 saturated heterocycles. The minimum absolute atomic E-state index is 0.0684. The van der Waals surface area contributed by atoms with Crippen LogP contribution in [-0.2, 0) is 4.79 Å². The summed E-state index contributed by atoms with van der Waals surface area (Å²) in [6.07, 6.45) is 0. The van der Waals surface area contributed by atoms with E-state index in [9.17, 15) is 4.79 Å². The summed E-state index contributed by atoms with van der Waals surface area (Å²) in [6.45, 7) is 1.86. The molecule has 2 aromatic heterocycles. The van der Waals surface area contributed by atoms with Crippen LogP contribution in [0.2, 0.25) is 5.02 Å². The van der Waals surface area contributed by atoms with Gasteiger partial charge in [0.2, 0.25) is 10.9 Å². The van der Waals surface area contributed by atoms with Crippen LogP contribution in [0.1, 0.15) is 5.82 Å². The molecule has 0 unspecified atom stereocenters. The maximum atomic E-state index is 12.3. The average molecular weight is 416 g/mol. The number of aryl methyl sites for hydroxylation is 1. The lowest BCUT2D eigenvalue weighted by Gasteiger charge is -2.06. The first kappa shape index (κ1) is 18.0. The van der Waals surface area contributed by atoms with Gasteiger partial charge in [0.15, 0.2) is 5.82 Å². The SMILES string of the molecule is Cc1nnc2sc(-c3cccc(NC(=O)CSc4ccc(Cl)cc4)c3)nn12. The number of carbonyl (C=O) groups excluding carboxylic acids is 1. The number of rotatable bonds is 5. The molecule has 27 heavy (non-hydrogen) atoms. The third kappa shape index (κ3) is 4.13. The van der Waals surface area contributed by atoms with Gasteiger partial charge in [0.25, 0.3) is 0 Å². The smallest absolute Gasteiger partial charge is 0.234 e. The molecule has 0 atom stereocenters. The van der Waals surface area contributed by atoms with Gasteiger partial charge < -0.3 is 5.32 Å². The van der Waals surface area contributed by atoms with Gasteiger partial charge in [0.1, 0.15) is 5.01 Å². The Morgan fingerprint density at radius 2 is 2.04 bits per heavy atom. The molecule has 2 aromatic carbocycles. The molecule has 2 heterocycles. The van der Waals surface area contributed by atoms with Crippen molar-refractivity contribution in [2.24, 2.45) is 0 Å². The first-order valence-electron chi connectivity index (χ1n) is 8.06. The van der Waals surface area contributed by atoms with Crippen LogP contribution in [0.25, 0.3) is 15.5 Å². The molecule has 0 aliphatic rings. The number of fused-ring (bicyclic) bond motifs is 1. The minimum atomic E-state index is -0.0684. The second-order valence-corrected chi connectivity index (χ2v) is 8.16. The zero-order valence-electron chi connectivity index (χ0n) is 14.2. The van der Waals surface area contributed by atoms with Gasteiger partial charge in [-0.15, -0.1) is 22.0 Å². The Bertz CT molecular complexity index is 1110. The van der Waals surface area contributed by atoms with E-state index in [1.807, 2.05) is 55.5 Å². The average Bonchev–Trinajstić information content (AvgIpc) is 3.24. The molecule has 0 aliphatic carbocycles. The van der Waals surface area contributed by atoms with E-state index in [0.29, 0.717) is 10.8 Å². The maximum Gasteiger partial charge on any atom is 0.234 e. The fourth-order valence-electron chi connectivity index (χ4n) is 2.44. The molecule has 0 fully saturated rings. The van der Waals surface area contributed by atoms with E-state index in [-0.39, 0.29) is 5.91 Å².